The number of hydrogen-bond donors (Lipinski definition) is 3. The van der Waals surface area contributed by atoms with Gasteiger partial charge in [-0.15, -0.1) is 0 Å². The lowest BCUT2D eigenvalue weighted by Crippen LogP contribution is -2.45. The van der Waals surface area contributed by atoms with Gasteiger partial charge in [0, 0.05) is 12.2 Å². The van der Waals surface area contributed by atoms with Crippen LogP contribution in [-0.2, 0) is 21.2 Å². The molecule has 0 radical (unpaired) electrons. The van der Waals surface area contributed by atoms with E-state index in [1.54, 1.807) is 26.0 Å². The zero-order chi connectivity index (χ0) is 21.6. The molecule has 0 spiro atoms. The van der Waals surface area contributed by atoms with Gasteiger partial charge in [-0.2, -0.15) is 0 Å². The van der Waals surface area contributed by atoms with Crippen molar-refractivity contribution in [2.24, 2.45) is 0 Å². The van der Waals surface area contributed by atoms with Crippen molar-refractivity contribution in [2.45, 2.75) is 37.3 Å². The van der Waals surface area contributed by atoms with Gasteiger partial charge in [-0.25, -0.2) is 12.8 Å². The summed E-state index contributed by atoms with van der Waals surface area (Å²) in [5.74, 6) is -0.787. The molecule has 0 aliphatic heterocycles. The lowest BCUT2D eigenvalue weighted by Gasteiger charge is -2.29. The molecule has 7 nitrogen and oxygen atoms in total. The second-order valence-electron chi connectivity index (χ2n) is 6.86. The predicted molar refractivity (Wildman–Crippen MR) is 107 cm³/mol. The Hall–Kier alpha value is -2.49. The fourth-order valence-corrected chi connectivity index (χ4v) is 3.76. The molecule has 0 fully saturated rings. The molecule has 29 heavy (non-hydrogen) atoms. The van der Waals surface area contributed by atoms with Crippen LogP contribution in [0.3, 0.4) is 0 Å². The van der Waals surface area contributed by atoms with E-state index >= 15 is 0 Å². The minimum absolute atomic E-state index is 0.0437. The zero-order valence-electron chi connectivity index (χ0n) is 16.2. The number of carbonyl (C=O) groups is 1. The van der Waals surface area contributed by atoms with Crippen LogP contribution in [0.25, 0.3) is 0 Å². The number of nitrogens with zero attached hydrogens (tertiary/aromatic N) is 1. The Morgan fingerprint density at radius 1 is 1.10 bits per heavy atom. The van der Waals surface area contributed by atoms with Crippen LogP contribution >= 0.6 is 0 Å². The molecule has 9 heteroatoms. The van der Waals surface area contributed by atoms with Crippen molar-refractivity contribution in [3.8, 4) is 0 Å². The molecule has 0 aliphatic rings. The van der Waals surface area contributed by atoms with E-state index in [4.69, 9.17) is 0 Å². The summed E-state index contributed by atoms with van der Waals surface area (Å²) < 4.78 is 40.0. The van der Waals surface area contributed by atoms with Crippen LogP contribution in [0.1, 0.15) is 19.4 Å². The summed E-state index contributed by atoms with van der Waals surface area (Å²) in [5, 5.41) is 18.9. The minimum Gasteiger partial charge on any atom is -0.394 e. The Morgan fingerprint density at radius 2 is 1.69 bits per heavy atom. The Labute approximate surface area is 169 Å². The lowest BCUT2D eigenvalue weighted by molar-refractivity contribution is -0.134. The second-order valence-corrected chi connectivity index (χ2v) is 8.54. The third kappa shape index (κ3) is 6.52. The van der Waals surface area contributed by atoms with Crippen molar-refractivity contribution in [1.29, 1.82) is 0 Å². The number of aliphatic hydroxyl groups excluding tert-OH is 2. The maximum atomic E-state index is 13.0. The number of aliphatic hydroxyl groups is 2. The van der Waals surface area contributed by atoms with Gasteiger partial charge in [-0.1, -0.05) is 12.1 Å². The Morgan fingerprint density at radius 3 is 2.21 bits per heavy atom. The lowest BCUT2D eigenvalue weighted by atomic mass is 10.1. The van der Waals surface area contributed by atoms with E-state index in [9.17, 15) is 27.8 Å². The van der Waals surface area contributed by atoms with Crippen molar-refractivity contribution in [3.63, 3.8) is 0 Å². The zero-order valence-corrected chi connectivity index (χ0v) is 17.1. The first kappa shape index (κ1) is 22.8. The van der Waals surface area contributed by atoms with Gasteiger partial charge in [0.25, 0.3) is 10.0 Å². The normalized spacial score (nSPS) is 13.6. The van der Waals surface area contributed by atoms with E-state index in [2.05, 4.69) is 4.72 Å². The predicted octanol–water partition coefficient (Wildman–Crippen LogP) is 1.76. The number of anilines is 1. The first-order valence-electron chi connectivity index (χ1n) is 9.08. The van der Waals surface area contributed by atoms with Crippen LogP contribution in [0.5, 0.6) is 0 Å². The first-order valence-corrected chi connectivity index (χ1v) is 10.6. The number of rotatable bonds is 9. The summed E-state index contributed by atoms with van der Waals surface area (Å²) in [6.45, 7) is 3.14. The van der Waals surface area contributed by atoms with Crippen LogP contribution in [0.4, 0.5) is 10.1 Å². The molecule has 0 heterocycles. The highest BCUT2D eigenvalue weighted by atomic mass is 32.2. The molecule has 0 aliphatic carbocycles. The maximum Gasteiger partial charge on any atom is 0.261 e. The molecule has 2 aromatic carbocycles. The summed E-state index contributed by atoms with van der Waals surface area (Å²) in [5.41, 5.74) is 0.954. The molecule has 2 aromatic rings. The standard InChI is InChI=1S/C20H25FN2O5S/c1-14(13-24)23(12-15(2)25)20(26)11-16-3-7-18(8-4-16)22-29(27,28)19-9-5-17(21)6-10-19/h3-10,14-15,22,24-25H,11-13H2,1-2H3/t14-,15-/m0/s1. The van der Waals surface area contributed by atoms with Crippen LogP contribution in [-0.4, -0.2) is 54.7 Å². The molecular formula is C20H25FN2O5S. The molecule has 0 saturated carbocycles. The average molecular weight is 424 g/mol. The Bertz CT molecular complexity index is 915. The summed E-state index contributed by atoms with van der Waals surface area (Å²) >= 11 is 0. The van der Waals surface area contributed by atoms with Gasteiger partial charge in [0.05, 0.1) is 30.1 Å². The number of benzene rings is 2. The number of carbonyl (C=O) groups excluding carboxylic acids is 1. The number of halogens is 1. The highest BCUT2D eigenvalue weighted by molar-refractivity contribution is 7.92. The highest BCUT2D eigenvalue weighted by Gasteiger charge is 2.21. The van der Waals surface area contributed by atoms with Gasteiger partial charge in [0.2, 0.25) is 5.91 Å². The van der Waals surface area contributed by atoms with Crippen molar-refractivity contribution in [3.05, 3.63) is 59.9 Å². The average Bonchev–Trinajstić information content (AvgIpc) is 2.67. The molecule has 1 amide bonds. The van der Waals surface area contributed by atoms with E-state index in [-0.39, 0.29) is 30.4 Å². The van der Waals surface area contributed by atoms with Gasteiger partial charge in [0.15, 0.2) is 0 Å². The minimum atomic E-state index is -3.85. The fourth-order valence-electron chi connectivity index (χ4n) is 2.71. The Kier molecular flexibility index (Phi) is 7.72. The van der Waals surface area contributed by atoms with Gasteiger partial charge in [-0.05, 0) is 55.8 Å². The molecule has 0 saturated heterocycles. The smallest absolute Gasteiger partial charge is 0.261 e. The molecule has 2 rings (SSSR count). The van der Waals surface area contributed by atoms with E-state index in [0.717, 1.165) is 12.1 Å². The quantitative estimate of drug-likeness (QED) is 0.569. The number of hydrogen-bond acceptors (Lipinski definition) is 5. The van der Waals surface area contributed by atoms with Crippen molar-refractivity contribution in [2.75, 3.05) is 17.9 Å². The summed E-state index contributed by atoms with van der Waals surface area (Å²) in [4.78, 5) is 13.9. The van der Waals surface area contributed by atoms with E-state index in [0.29, 0.717) is 11.3 Å². The van der Waals surface area contributed by atoms with Crippen LogP contribution in [0.15, 0.2) is 53.4 Å². The van der Waals surface area contributed by atoms with Gasteiger partial charge >= 0.3 is 0 Å². The fraction of sp³-hybridized carbons (Fsp3) is 0.350. The summed E-state index contributed by atoms with van der Waals surface area (Å²) in [6, 6.07) is 10.3. The number of amides is 1. The Balaban J connectivity index is 2.07. The molecule has 0 aromatic heterocycles. The van der Waals surface area contributed by atoms with E-state index in [1.165, 1.54) is 29.2 Å². The largest absolute Gasteiger partial charge is 0.394 e. The third-order valence-corrected chi connectivity index (χ3v) is 5.66. The molecule has 2 atom stereocenters. The first-order chi connectivity index (χ1) is 13.6. The van der Waals surface area contributed by atoms with E-state index in [1.807, 2.05) is 0 Å². The van der Waals surface area contributed by atoms with Crippen molar-refractivity contribution in [1.82, 2.24) is 4.90 Å². The van der Waals surface area contributed by atoms with E-state index < -0.39 is 28.0 Å². The second kappa shape index (κ2) is 9.82. The SMILES string of the molecule is C[C@H](O)CN(C(=O)Cc1ccc(NS(=O)(=O)c2ccc(F)cc2)cc1)[C@@H](C)CO. The molecule has 158 valence electrons. The molecular weight excluding hydrogens is 399 g/mol. The number of sulfonamides is 1. The monoisotopic (exact) mass is 424 g/mol. The third-order valence-electron chi connectivity index (χ3n) is 4.26. The van der Waals surface area contributed by atoms with Crippen molar-refractivity contribution >= 4 is 21.6 Å². The van der Waals surface area contributed by atoms with Crippen molar-refractivity contribution < 1.29 is 27.8 Å². The molecule has 0 bridgehead atoms. The maximum absolute atomic E-state index is 13.0. The topological polar surface area (TPSA) is 107 Å². The van der Waals surface area contributed by atoms with Gasteiger partial charge < -0.3 is 15.1 Å². The van der Waals surface area contributed by atoms with Crippen LogP contribution < -0.4 is 4.72 Å². The van der Waals surface area contributed by atoms with Gasteiger partial charge in [-0.3, -0.25) is 9.52 Å². The highest BCUT2D eigenvalue weighted by Crippen LogP contribution is 2.18. The molecule has 3 N–H and O–H groups in total. The van der Waals surface area contributed by atoms with Gasteiger partial charge in [0.1, 0.15) is 5.82 Å². The summed E-state index contributed by atoms with van der Waals surface area (Å²) in [7, 11) is -3.85. The number of nitrogens with one attached hydrogen (secondary N) is 1. The molecule has 0 unspecified atom stereocenters. The van der Waals surface area contributed by atoms with Crippen LogP contribution in [0.2, 0.25) is 0 Å². The summed E-state index contributed by atoms with van der Waals surface area (Å²) in [6.07, 6.45) is -0.682. The van der Waals surface area contributed by atoms with Crippen LogP contribution in [0, 0.1) is 5.82 Å².